The highest BCUT2D eigenvalue weighted by Gasteiger charge is 1.99. The zero-order valence-corrected chi connectivity index (χ0v) is 9.95. The number of rotatable bonds is 6. The quantitative estimate of drug-likeness (QED) is 0.777. The largest absolute Gasteiger partial charge is 0.311 e. The second kappa shape index (κ2) is 6.51. The van der Waals surface area contributed by atoms with Gasteiger partial charge in [-0.1, -0.05) is 20.8 Å². The molecular formula is C12H21N3. The van der Waals surface area contributed by atoms with Gasteiger partial charge in [-0.05, 0) is 24.9 Å². The Balaban J connectivity index is 2.43. The van der Waals surface area contributed by atoms with Crippen molar-refractivity contribution in [2.45, 2.75) is 40.2 Å². The second-order valence-corrected chi connectivity index (χ2v) is 4.24. The maximum absolute atomic E-state index is 4.49. The molecule has 0 radical (unpaired) electrons. The fourth-order valence-electron chi connectivity index (χ4n) is 1.37. The molecule has 1 rings (SSSR count). The minimum Gasteiger partial charge on any atom is -0.311 e. The van der Waals surface area contributed by atoms with Gasteiger partial charge < -0.3 is 5.32 Å². The first-order valence-corrected chi connectivity index (χ1v) is 5.74. The van der Waals surface area contributed by atoms with Gasteiger partial charge >= 0.3 is 0 Å². The van der Waals surface area contributed by atoms with Crippen molar-refractivity contribution in [3.63, 3.8) is 0 Å². The van der Waals surface area contributed by atoms with Crippen LogP contribution in [-0.2, 0) is 13.0 Å². The SMILES string of the molecule is CCCc1nccc(CNCC(C)C)n1. The van der Waals surface area contributed by atoms with E-state index in [0.29, 0.717) is 5.92 Å². The van der Waals surface area contributed by atoms with E-state index in [1.165, 1.54) is 0 Å². The van der Waals surface area contributed by atoms with Crippen molar-refractivity contribution >= 4 is 0 Å². The summed E-state index contributed by atoms with van der Waals surface area (Å²) in [6.45, 7) is 8.43. The van der Waals surface area contributed by atoms with Crippen molar-refractivity contribution in [1.82, 2.24) is 15.3 Å². The summed E-state index contributed by atoms with van der Waals surface area (Å²) in [4.78, 5) is 8.72. The van der Waals surface area contributed by atoms with Gasteiger partial charge in [-0.2, -0.15) is 0 Å². The number of hydrogen-bond donors (Lipinski definition) is 1. The summed E-state index contributed by atoms with van der Waals surface area (Å²) in [5.41, 5.74) is 1.09. The van der Waals surface area contributed by atoms with Crippen LogP contribution in [0.2, 0.25) is 0 Å². The summed E-state index contributed by atoms with van der Waals surface area (Å²) < 4.78 is 0. The summed E-state index contributed by atoms with van der Waals surface area (Å²) in [6, 6.07) is 1.98. The van der Waals surface area contributed by atoms with E-state index in [1.54, 1.807) is 0 Å². The normalized spacial score (nSPS) is 10.9. The standard InChI is InChI=1S/C12H21N3/c1-4-5-12-14-7-6-11(15-12)9-13-8-10(2)3/h6-7,10,13H,4-5,8-9H2,1-3H3. The zero-order valence-electron chi connectivity index (χ0n) is 9.95. The third-order valence-electron chi connectivity index (χ3n) is 2.10. The lowest BCUT2D eigenvalue weighted by molar-refractivity contribution is 0.546. The van der Waals surface area contributed by atoms with Crippen LogP contribution in [0.5, 0.6) is 0 Å². The molecule has 0 spiro atoms. The Morgan fingerprint density at radius 3 is 2.87 bits per heavy atom. The van der Waals surface area contributed by atoms with E-state index in [-0.39, 0.29) is 0 Å². The van der Waals surface area contributed by atoms with Crippen molar-refractivity contribution in [2.75, 3.05) is 6.54 Å². The first kappa shape index (κ1) is 12.1. The van der Waals surface area contributed by atoms with Crippen molar-refractivity contribution in [3.8, 4) is 0 Å². The van der Waals surface area contributed by atoms with Crippen molar-refractivity contribution in [3.05, 3.63) is 23.8 Å². The van der Waals surface area contributed by atoms with Gasteiger partial charge in [0.05, 0.1) is 5.69 Å². The Labute approximate surface area is 92.3 Å². The molecule has 0 aliphatic heterocycles. The van der Waals surface area contributed by atoms with E-state index in [4.69, 9.17) is 0 Å². The molecule has 1 N–H and O–H groups in total. The van der Waals surface area contributed by atoms with Gasteiger partial charge in [0.1, 0.15) is 5.82 Å². The summed E-state index contributed by atoms with van der Waals surface area (Å²) in [7, 11) is 0. The van der Waals surface area contributed by atoms with Crippen LogP contribution in [0.4, 0.5) is 0 Å². The average Bonchev–Trinajstić information content (AvgIpc) is 2.18. The fraction of sp³-hybridized carbons (Fsp3) is 0.667. The molecule has 1 aromatic heterocycles. The number of hydrogen-bond acceptors (Lipinski definition) is 3. The third kappa shape index (κ3) is 4.88. The van der Waals surface area contributed by atoms with Gasteiger partial charge in [0.25, 0.3) is 0 Å². The topological polar surface area (TPSA) is 37.8 Å². The molecule has 0 aromatic carbocycles. The average molecular weight is 207 g/mol. The monoisotopic (exact) mass is 207 g/mol. The highest BCUT2D eigenvalue weighted by Crippen LogP contribution is 1.99. The first-order valence-electron chi connectivity index (χ1n) is 5.74. The van der Waals surface area contributed by atoms with Gasteiger partial charge in [0.2, 0.25) is 0 Å². The molecule has 0 amide bonds. The summed E-state index contributed by atoms with van der Waals surface area (Å²) >= 11 is 0. The molecule has 0 saturated heterocycles. The van der Waals surface area contributed by atoms with E-state index in [0.717, 1.165) is 37.4 Å². The van der Waals surface area contributed by atoms with Crippen LogP contribution in [0.15, 0.2) is 12.3 Å². The predicted molar refractivity (Wildman–Crippen MR) is 62.6 cm³/mol. The molecule has 84 valence electrons. The molecule has 0 bridgehead atoms. The van der Waals surface area contributed by atoms with Gasteiger partial charge in [-0.3, -0.25) is 0 Å². The maximum Gasteiger partial charge on any atom is 0.128 e. The van der Waals surface area contributed by atoms with Gasteiger partial charge in [-0.25, -0.2) is 9.97 Å². The minimum atomic E-state index is 0.682. The van der Waals surface area contributed by atoms with Crippen molar-refractivity contribution in [1.29, 1.82) is 0 Å². The summed E-state index contributed by atoms with van der Waals surface area (Å²) in [5.74, 6) is 1.64. The molecule has 0 aliphatic carbocycles. The van der Waals surface area contributed by atoms with Crippen molar-refractivity contribution < 1.29 is 0 Å². The molecule has 3 nitrogen and oxygen atoms in total. The van der Waals surface area contributed by atoms with Gasteiger partial charge in [-0.15, -0.1) is 0 Å². The number of nitrogens with one attached hydrogen (secondary N) is 1. The number of aryl methyl sites for hydroxylation is 1. The van der Waals surface area contributed by atoms with E-state index in [2.05, 4.69) is 36.1 Å². The van der Waals surface area contributed by atoms with Crippen LogP contribution >= 0.6 is 0 Å². The Bertz CT molecular complexity index is 284. The molecule has 0 fully saturated rings. The second-order valence-electron chi connectivity index (χ2n) is 4.24. The van der Waals surface area contributed by atoms with Gasteiger partial charge in [0, 0.05) is 19.2 Å². The molecule has 1 heterocycles. The summed E-state index contributed by atoms with van der Waals surface area (Å²) in [5, 5.41) is 3.38. The maximum atomic E-state index is 4.49. The van der Waals surface area contributed by atoms with E-state index in [9.17, 15) is 0 Å². The van der Waals surface area contributed by atoms with E-state index in [1.807, 2.05) is 12.3 Å². The fourth-order valence-corrected chi connectivity index (χ4v) is 1.37. The molecule has 0 aliphatic rings. The minimum absolute atomic E-state index is 0.682. The van der Waals surface area contributed by atoms with E-state index >= 15 is 0 Å². The molecule has 3 heteroatoms. The highest BCUT2D eigenvalue weighted by atomic mass is 14.9. The Kier molecular flexibility index (Phi) is 5.26. The molecule has 15 heavy (non-hydrogen) atoms. The predicted octanol–water partition coefficient (Wildman–Crippen LogP) is 2.17. The Morgan fingerprint density at radius 1 is 1.40 bits per heavy atom. The van der Waals surface area contributed by atoms with Crippen molar-refractivity contribution in [2.24, 2.45) is 5.92 Å². The molecular weight excluding hydrogens is 186 g/mol. The highest BCUT2D eigenvalue weighted by molar-refractivity contribution is 5.02. The Morgan fingerprint density at radius 2 is 2.20 bits per heavy atom. The molecule has 0 unspecified atom stereocenters. The lowest BCUT2D eigenvalue weighted by Gasteiger charge is -2.07. The lowest BCUT2D eigenvalue weighted by Crippen LogP contribution is -2.20. The Hall–Kier alpha value is -0.960. The van der Waals surface area contributed by atoms with Crippen LogP contribution in [0.25, 0.3) is 0 Å². The van der Waals surface area contributed by atoms with Crippen LogP contribution in [0.1, 0.15) is 38.7 Å². The van der Waals surface area contributed by atoms with Crippen LogP contribution in [0.3, 0.4) is 0 Å². The number of aromatic nitrogens is 2. The molecule has 1 aromatic rings. The lowest BCUT2D eigenvalue weighted by atomic mass is 10.2. The van der Waals surface area contributed by atoms with Crippen LogP contribution < -0.4 is 5.32 Å². The summed E-state index contributed by atoms with van der Waals surface area (Å²) in [6.07, 6.45) is 3.92. The smallest absolute Gasteiger partial charge is 0.128 e. The van der Waals surface area contributed by atoms with Gasteiger partial charge in [0.15, 0.2) is 0 Å². The zero-order chi connectivity index (χ0) is 11.1. The van der Waals surface area contributed by atoms with Crippen LogP contribution in [-0.4, -0.2) is 16.5 Å². The molecule has 0 saturated carbocycles. The first-order chi connectivity index (χ1) is 7.22. The van der Waals surface area contributed by atoms with E-state index < -0.39 is 0 Å². The molecule has 0 atom stereocenters. The third-order valence-corrected chi connectivity index (χ3v) is 2.10. The van der Waals surface area contributed by atoms with Crippen LogP contribution in [0, 0.1) is 5.92 Å². The number of nitrogens with zero attached hydrogens (tertiary/aromatic N) is 2.